The number of amides is 10. The third-order valence-electron chi connectivity index (χ3n) is 20.0. The lowest BCUT2D eigenvalue weighted by Crippen LogP contribution is -2.72. The molecule has 100 heavy (non-hydrogen) atoms. The number of nitrogens with one attached hydrogen (secondary N) is 2. The van der Waals surface area contributed by atoms with E-state index in [1.807, 2.05) is 48.5 Å². The molecule has 10 amide bonds. The number of carbonyl (C=O) groups excluding carboxylic acids is 12. The van der Waals surface area contributed by atoms with Crippen molar-refractivity contribution in [3.8, 4) is 0 Å². The Morgan fingerprint density at radius 3 is 1.60 bits per heavy atom. The Bertz CT molecular complexity index is 2740. The quantitative estimate of drug-likeness (QED) is 0.126. The van der Waals surface area contributed by atoms with Crippen molar-refractivity contribution in [1.29, 1.82) is 0 Å². The van der Waals surface area contributed by atoms with Crippen LogP contribution < -0.4 is 10.6 Å². The molecule has 0 aliphatic carbocycles. The third kappa shape index (κ3) is 24.4. The summed E-state index contributed by atoms with van der Waals surface area (Å²) in [5, 5.41) is 6.59. The molecule has 0 radical (unpaired) electrons. The highest BCUT2D eigenvalue weighted by Crippen LogP contribution is 2.35. The smallest absolute Gasteiger partial charge is 0.409 e. The summed E-state index contributed by atoms with van der Waals surface area (Å²) in [4.78, 5) is 194. The topological polar surface area (TPSA) is 295 Å². The summed E-state index contributed by atoms with van der Waals surface area (Å²) >= 11 is 0. The highest BCUT2D eigenvalue weighted by atomic mass is 16.7. The summed E-state index contributed by atoms with van der Waals surface area (Å²) < 4.78 is 17.3. The summed E-state index contributed by atoms with van der Waals surface area (Å²) in [7, 11) is 11.9. The minimum Gasteiger partial charge on any atom is -0.449 e. The lowest BCUT2D eigenvalue weighted by atomic mass is 9.85. The maximum atomic E-state index is 15.3. The number of ether oxygens (including phenoxy) is 3. The third-order valence-corrected chi connectivity index (χ3v) is 20.0. The molecule has 14 atom stereocenters. The fraction of sp³-hybridized carbons (Fsp3) is 0.836. The molecule has 0 aromatic carbocycles. The van der Waals surface area contributed by atoms with Crippen LogP contribution in [0.15, 0.2) is 0 Å². The summed E-state index contributed by atoms with van der Waals surface area (Å²) in [6.07, 6.45) is 0.456. The van der Waals surface area contributed by atoms with Gasteiger partial charge in [0.2, 0.25) is 47.3 Å². The normalized spacial score (nSPS) is 27.6. The van der Waals surface area contributed by atoms with Gasteiger partial charge >= 0.3 is 6.09 Å². The number of hydrogen-bond acceptors (Lipinski definition) is 17. The number of hydroxylamine groups is 2. The van der Waals surface area contributed by atoms with Crippen molar-refractivity contribution >= 4 is 70.8 Å². The van der Waals surface area contributed by atoms with Crippen LogP contribution in [0.5, 0.6) is 0 Å². The van der Waals surface area contributed by atoms with E-state index < -0.39 is 167 Å². The minimum atomic E-state index is -1.35. The molecule has 3 saturated heterocycles. The Morgan fingerprint density at radius 1 is 0.550 bits per heavy atom. The predicted octanol–water partition coefficient (Wildman–Crippen LogP) is 5.54. The fourth-order valence-corrected chi connectivity index (χ4v) is 13.5. The number of carbonyl (C=O) groups is 12. The standard InChI is InChI=1S/C73H129N11O16/c1-25-54-69(92)77(19)51(15)67(90)82(24)61(52(16)98-34-29-27-31-83-32-36-97-37-33-83)59(86)42-53(46(8)9)68(91)78(20)55(38-43(2)3)58(85)41-49(13)64(87)74-50(14)66(89)79(21)56(39-44(4)5)70(93)80(22)57(40-45(6)7)71(94)81(23)60(47(10)11)72(95)84-62(65(88)75-54)63(100-84)48(12)30-26-28-35-99-73(96)76(17)18/h43-57,60-63H,25-42H2,1-24H3,(H,74,87)(H,75,88)/t48-,49-,50-,51-,52-,53+,54+,55+,56+,57+,60+,61+,62+,63-/m1/s1. The number of rotatable bonds is 22. The molecule has 0 saturated carbocycles. The van der Waals surface area contributed by atoms with Crippen LogP contribution in [0.2, 0.25) is 0 Å². The van der Waals surface area contributed by atoms with E-state index in [1.54, 1.807) is 62.6 Å². The van der Waals surface area contributed by atoms with Gasteiger partial charge in [0, 0.05) is 101 Å². The van der Waals surface area contributed by atoms with E-state index >= 15 is 33.6 Å². The zero-order valence-electron chi connectivity index (χ0n) is 65.3. The molecule has 0 bridgehead atoms. The summed E-state index contributed by atoms with van der Waals surface area (Å²) in [5.41, 5.74) is 0. The van der Waals surface area contributed by atoms with Gasteiger partial charge in [-0.2, -0.15) is 0 Å². The van der Waals surface area contributed by atoms with E-state index in [0.29, 0.717) is 38.9 Å². The molecule has 27 heteroatoms. The van der Waals surface area contributed by atoms with Crippen molar-refractivity contribution in [3.63, 3.8) is 0 Å². The number of nitrogens with zero attached hydrogens (tertiary/aromatic N) is 9. The van der Waals surface area contributed by atoms with E-state index in [4.69, 9.17) is 19.0 Å². The van der Waals surface area contributed by atoms with Gasteiger partial charge in [-0.05, 0) is 121 Å². The molecule has 3 fully saturated rings. The van der Waals surface area contributed by atoms with Gasteiger partial charge in [-0.25, -0.2) is 9.86 Å². The largest absolute Gasteiger partial charge is 0.449 e. The maximum absolute atomic E-state index is 15.3. The number of likely N-dealkylation sites (N-methyl/N-ethyl adjacent to an activating group) is 6. The SMILES string of the molecule is CC[C@@H]1NC(=O)[C@@H]2[C@@H]([C@H](C)CCCCOC(=O)N(C)C)ON2C(=O)[C@H](C(C)C)N(C)C(=O)[C@H](CC(C)C)N(C)C(=O)[C@H](CC(C)C)N(C)C(=O)[C@@H](C)NC(=O)[C@H](C)CC(=O)[C@H](CC(C)C)N(C)C(=O)[C@H](C(C)C)CC(=O)[C@H]([C@@H](C)OCCCCN2CCOCC2)N(C)C(=O)[C@@H](C)N(C)C1=O. The number of Topliss-reactive ketones (excluding diaryl/α,β-unsaturated/α-hetero) is 2. The van der Waals surface area contributed by atoms with Crippen molar-refractivity contribution < 1.29 is 76.6 Å². The monoisotopic (exact) mass is 1420 g/mol. The zero-order valence-corrected chi connectivity index (χ0v) is 65.3. The van der Waals surface area contributed by atoms with Gasteiger partial charge in [-0.3, -0.25) is 62.5 Å². The molecular formula is C73H129N11O16. The van der Waals surface area contributed by atoms with Gasteiger partial charge in [-0.15, -0.1) is 0 Å². The molecule has 0 aromatic heterocycles. The minimum absolute atomic E-state index is 0.0314. The van der Waals surface area contributed by atoms with Crippen LogP contribution in [0, 0.1) is 47.3 Å². The van der Waals surface area contributed by atoms with Gasteiger partial charge in [0.05, 0.1) is 32.0 Å². The summed E-state index contributed by atoms with van der Waals surface area (Å²) in [6, 6.07) is -10.9. The molecule has 572 valence electrons. The molecule has 0 aromatic rings. The van der Waals surface area contributed by atoms with Gasteiger partial charge < -0.3 is 59.1 Å². The van der Waals surface area contributed by atoms with Gasteiger partial charge in [0.25, 0.3) is 5.91 Å². The molecule has 3 heterocycles. The van der Waals surface area contributed by atoms with Crippen LogP contribution in [-0.4, -0.2) is 284 Å². The number of fused-ring (bicyclic) bond motifs is 1. The first kappa shape index (κ1) is 87.9. The molecule has 27 nitrogen and oxygen atoms in total. The van der Waals surface area contributed by atoms with Crippen LogP contribution in [-0.2, 0) is 71.8 Å². The fourth-order valence-electron chi connectivity index (χ4n) is 13.5. The molecule has 0 spiro atoms. The average molecular weight is 1420 g/mol. The Kier molecular flexibility index (Phi) is 36.1. The lowest BCUT2D eigenvalue weighted by Gasteiger charge is -2.50. The van der Waals surface area contributed by atoms with Crippen molar-refractivity contribution in [2.75, 3.05) is 102 Å². The Hall–Kier alpha value is -6.32. The highest BCUT2D eigenvalue weighted by molar-refractivity contribution is 6.00. The molecule has 3 rings (SSSR count). The molecule has 3 aliphatic heterocycles. The molecule has 2 N–H and O–H groups in total. The number of unbranched alkanes of at least 4 members (excludes halogenated alkanes) is 2. The lowest BCUT2D eigenvalue weighted by molar-refractivity contribution is -0.322. The van der Waals surface area contributed by atoms with Crippen molar-refractivity contribution in [2.45, 2.75) is 248 Å². The Morgan fingerprint density at radius 2 is 1.07 bits per heavy atom. The number of morpholine rings is 1. The van der Waals surface area contributed by atoms with Crippen molar-refractivity contribution in [3.05, 3.63) is 0 Å². The van der Waals surface area contributed by atoms with Crippen LogP contribution >= 0.6 is 0 Å². The second-order valence-corrected chi connectivity index (χ2v) is 30.6. The average Bonchev–Trinajstić information content (AvgIpc) is 0.753. The second-order valence-electron chi connectivity index (χ2n) is 30.6. The van der Waals surface area contributed by atoms with E-state index in [2.05, 4.69) is 15.5 Å². The van der Waals surface area contributed by atoms with Crippen LogP contribution in [0.25, 0.3) is 0 Å². The highest BCUT2D eigenvalue weighted by Gasteiger charge is 2.55. The predicted molar refractivity (Wildman–Crippen MR) is 380 cm³/mol. The van der Waals surface area contributed by atoms with Gasteiger partial charge in [0.15, 0.2) is 17.6 Å². The van der Waals surface area contributed by atoms with E-state index in [1.165, 1.54) is 90.4 Å². The van der Waals surface area contributed by atoms with Crippen molar-refractivity contribution in [2.24, 2.45) is 47.3 Å². The molecular weight excluding hydrogens is 1290 g/mol. The Labute approximate surface area is 597 Å². The van der Waals surface area contributed by atoms with Gasteiger partial charge in [-0.1, -0.05) is 90.0 Å². The van der Waals surface area contributed by atoms with E-state index in [9.17, 15) is 24.0 Å². The number of ketones is 2. The van der Waals surface area contributed by atoms with Crippen LogP contribution in [0.3, 0.4) is 0 Å². The van der Waals surface area contributed by atoms with Gasteiger partial charge in [0.1, 0.15) is 48.4 Å². The molecule has 3 aliphatic rings. The number of hydrogen-bond donors (Lipinski definition) is 2. The molecule has 0 unspecified atom stereocenters. The first-order valence-corrected chi connectivity index (χ1v) is 36.7. The van der Waals surface area contributed by atoms with E-state index in [0.717, 1.165) is 31.1 Å². The Balaban J connectivity index is 2.29. The van der Waals surface area contributed by atoms with Crippen LogP contribution in [0.1, 0.15) is 181 Å². The first-order valence-electron chi connectivity index (χ1n) is 36.7. The van der Waals surface area contributed by atoms with E-state index in [-0.39, 0.29) is 69.5 Å². The zero-order chi connectivity index (χ0) is 76.1. The van der Waals surface area contributed by atoms with Crippen molar-refractivity contribution in [1.82, 2.24) is 54.9 Å². The van der Waals surface area contributed by atoms with Crippen LogP contribution in [0.4, 0.5) is 4.79 Å². The summed E-state index contributed by atoms with van der Waals surface area (Å²) in [6.45, 7) is 32.3. The summed E-state index contributed by atoms with van der Waals surface area (Å²) in [5.74, 6) is -10.5. The second kappa shape index (κ2) is 41.1. The first-order chi connectivity index (χ1) is 46.6. The maximum Gasteiger partial charge on any atom is 0.409 e.